The van der Waals surface area contributed by atoms with E-state index in [0.717, 1.165) is 5.56 Å². The summed E-state index contributed by atoms with van der Waals surface area (Å²) in [6.07, 6.45) is 2.60. The molecule has 0 bridgehead atoms. The number of aromatic carboxylic acids is 1. The van der Waals surface area contributed by atoms with Crippen molar-refractivity contribution >= 4 is 12.0 Å². The Morgan fingerprint density at radius 2 is 2.00 bits per heavy atom. The molecule has 1 aromatic carbocycles. The van der Waals surface area contributed by atoms with Crippen LogP contribution >= 0.6 is 0 Å². The number of hydrogen-bond acceptors (Lipinski definition) is 3. The first kappa shape index (κ1) is 14.8. The third kappa shape index (κ3) is 3.57. The van der Waals surface area contributed by atoms with Gasteiger partial charge in [0.2, 0.25) is 0 Å². The van der Waals surface area contributed by atoms with Gasteiger partial charge >= 0.3 is 12.0 Å². The van der Waals surface area contributed by atoms with Crippen molar-refractivity contribution in [2.24, 2.45) is 5.92 Å². The molecule has 2 aliphatic rings. The molecule has 6 nitrogen and oxygen atoms in total. The van der Waals surface area contributed by atoms with E-state index in [9.17, 15) is 9.59 Å². The molecule has 6 heteroatoms. The fourth-order valence-electron chi connectivity index (χ4n) is 2.67. The summed E-state index contributed by atoms with van der Waals surface area (Å²) in [5, 5.41) is 11.7. The van der Waals surface area contributed by atoms with Crippen molar-refractivity contribution in [3.05, 3.63) is 35.4 Å². The molecule has 2 N–H and O–H groups in total. The number of ether oxygens (including phenoxy) is 1. The minimum atomic E-state index is -0.949. The molecule has 1 atom stereocenters. The maximum Gasteiger partial charge on any atom is 0.335 e. The highest BCUT2D eigenvalue weighted by molar-refractivity contribution is 5.87. The van der Waals surface area contributed by atoms with Crippen molar-refractivity contribution in [2.45, 2.75) is 25.5 Å². The van der Waals surface area contributed by atoms with Gasteiger partial charge < -0.3 is 20.1 Å². The van der Waals surface area contributed by atoms with Gasteiger partial charge in [-0.25, -0.2) is 9.59 Å². The number of rotatable bonds is 4. The van der Waals surface area contributed by atoms with Crippen molar-refractivity contribution in [2.75, 3.05) is 19.7 Å². The first-order valence-corrected chi connectivity index (χ1v) is 7.60. The monoisotopic (exact) mass is 304 g/mol. The quantitative estimate of drug-likeness (QED) is 0.887. The number of carbonyl (C=O) groups excluding carboxylic acids is 1. The SMILES string of the molecule is O=C(O)c1ccc(CNC(=O)N2CCOC(C3CC3)C2)cc1. The summed E-state index contributed by atoms with van der Waals surface area (Å²) in [6.45, 7) is 2.27. The lowest BCUT2D eigenvalue weighted by Crippen LogP contribution is -2.50. The van der Waals surface area contributed by atoms with E-state index in [0.29, 0.717) is 32.2 Å². The topological polar surface area (TPSA) is 78.9 Å². The van der Waals surface area contributed by atoms with Gasteiger partial charge in [-0.05, 0) is 36.5 Å². The summed E-state index contributed by atoms with van der Waals surface area (Å²) in [7, 11) is 0. The zero-order chi connectivity index (χ0) is 15.5. The molecule has 1 aliphatic heterocycles. The van der Waals surface area contributed by atoms with Gasteiger partial charge in [-0.3, -0.25) is 0 Å². The Labute approximate surface area is 129 Å². The second-order valence-corrected chi connectivity index (χ2v) is 5.85. The summed E-state index contributed by atoms with van der Waals surface area (Å²) in [5.41, 5.74) is 1.13. The van der Waals surface area contributed by atoms with Crippen LogP contribution in [0.2, 0.25) is 0 Å². The smallest absolute Gasteiger partial charge is 0.335 e. The number of carboxylic acids is 1. The fourth-order valence-corrected chi connectivity index (χ4v) is 2.67. The van der Waals surface area contributed by atoms with Crippen LogP contribution in [0, 0.1) is 5.92 Å². The van der Waals surface area contributed by atoms with Crippen LogP contribution in [0.1, 0.15) is 28.8 Å². The van der Waals surface area contributed by atoms with E-state index >= 15 is 0 Å². The Morgan fingerprint density at radius 1 is 1.27 bits per heavy atom. The molecule has 0 spiro atoms. The highest BCUT2D eigenvalue weighted by Crippen LogP contribution is 2.35. The van der Waals surface area contributed by atoms with E-state index in [1.54, 1.807) is 29.2 Å². The lowest BCUT2D eigenvalue weighted by Gasteiger charge is -2.33. The lowest BCUT2D eigenvalue weighted by atomic mass is 10.1. The van der Waals surface area contributed by atoms with E-state index in [1.807, 2.05) is 0 Å². The Kier molecular flexibility index (Phi) is 4.29. The molecule has 2 fully saturated rings. The van der Waals surface area contributed by atoms with E-state index < -0.39 is 5.97 Å². The summed E-state index contributed by atoms with van der Waals surface area (Å²) < 4.78 is 5.70. The fraction of sp³-hybridized carbons (Fsp3) is 0.500. The van der Waals surface area contributed by atoms with Crippen LogP contribution in [0.25, 0.3) is 0 Å². The number of morpholine rings is 1. The Balaban J connectivity index is 1.49. The third-order valence-electron chi connectivity index (χ3n) is 4.17. The Morgan fingerprint density at radius 3 is 2.64 bits per heavy atom. The van der Waals surface area contributed by atoms with Crippen molar-refractivity contribution in [1.29, 1.82) is 0 Å². The molecule has 22 heavy (non-hydrogen) atoms. The zero-order valence-corrected chi connectivity index (χ0v) is 12.3. The first-order valence-electron chi connectivity index (χ1n) is 7.60. The van der Waals surface area contributed by atoms with Crippen LogP contribution < -0.4 is 5.32 Å². The van der Waals surface area contributed by atoms with Gasteiger partial charge in [0, 0.05) is 19.6 Å². The predicted molar refractivity (Wildman–Crippen MR) is 79.7 cm³/mol. The third-order valence-corrected chi connectivity index (χ3v) is 4.17. The van der Waals surface area contributed by atoms with E-state index in [4.69, 9.17) is 9.84 Å². The average Bonchev–Trinajstić information content (AvgIpc) is 3.38. The molecule has 0 radical (unpaired) electrons. The number of carbonyl (C=O) groups is 2. The van der Waals surface area contributed by atoms with Crippen LogP contribution in [0.5, 0.6) is 0 Å². The zero-order valence-electron chi connectivity index (χ0n) is 12.3. The molecule has 1 aromatic rings. The summed E-state index contributed by atoms with van der Waals surface area (Å²) in [4.78, 5) is 24.8. The van der Waals surface area contributed by atoms with Gasteiger partial charge in [0.1, 0.15) is 0 Å². The minimum Gasteiger partial charge on any atom is -0.478 e. The lowest BCUT2D eigenvalue weighted by molar-refractivity contribution is -0.0252. The molecular formula is C16H20N2O4. The second kappa shape index (κ2) is 6.36. The van der Waals surface area contributed by atoms with Crippen LogP contribution in [0.4, 0.5) is 4.79 Å². The van der Waals surface area contributed by atoms with Crippen molar-refractivity contribution < 1.29 is 19.4 Å². The van der Waals surface area contributed by atoms with Crippen LogP contribution in [-0.2, 0) is 11.3 Å². The van der Waals surface area contributed by atoms with Gasteiger partial charge in [0.25, 0.3) is 0 Å². The van der Waals surface area contributed by atoms with Crippen molar-refractivity contribution in [3.63, 3.8) is 0 Å². The molecule has 1 heterocycles. The Hall–Kier alpha value is -2.08. The van der Waals surface area contributed by atoms with Gasteiger partial charge in [-0.1, -0.05) is 12.1 Å². The maximum atomic E-state index is 12.2. The molecule has 1 saturated carbocycles. The molecular weight excluding hydrogens is 284 g/mol. The van der Waals surface area contributed by atoms with Gasteiger partial charge in [-0.2, -0.15) is 0 Å². The van der Waals surface area contributed by atoms with Gasteiger partial charge in [-0.15, -0.1) is 0 Å². The van der Waals surface area contributed by atoms with Crippen molar-refractivity contribution in [1.82, 2.24) is 10.2 Å². The normalized spacial score (nSPS) is 21.5. The highest BCUT2D eigenvalue weighted by Gasteiger charge is 2.36. The number of carboxylic acid groups (broad SMARTS) is 1. The highest BCUT2D eigenvalue weighted by atomic mass is 16.5. The van der Waals surface area contributed by atoms with E-state index in [2.05, 4.69) is 5.32 Å². The number of nitrogens with zero attached hydrogens (tertiary/aromatic N) is 1. The summed E-state index contributed by atoms with van der Waals surface area (Å²) >= 11 is 0. The number of benzene rings is 1. The molecule has 1 saturated heterocycles. The number of amides is 2. The average molecular weight is 304 g/mol. The predicted octanol–water partition coefficient (Wildman–Crippen LogP) is 1.71. The summed E-state index contributed by atoms with van der Waals surface area (Å²) in [5.74, 6) is -0.325. The van der Waals surface area contributed by atoms with Gasteiger partial charge in [0.05, 0.1) is 18.3 Å². The maximum absolute atomic E-state index is 12.2. The molecule has 1 aliphatic carbocycles. The molecule has 0 aromatic heterocycles. The van der Waals surface area contributed by atoms with Crippen LogP contribution in [-0.4, -0.2) is 47.8 Å². The number of nitrogens with one attached hydrogen (secondary N) is 1. The van der Waals surface area contributed by atoms with E-state index in [-0.39, 0.29) is 17.7 Å². The molecule has 1 unspecified atom stereocenters. The molecule has 118 valence electrons. The number of urea groups is 1. The standard InChI is InChI=1S/C16H20N2O4/c19-15(20)13-3-1-11(2-4-13)9-17-16(21)18-7-8-22-14(10-18)12-5-6-12/h1-4,12,14H,5-10H2,(H,17,21)(H,19,20). The van der Waals surface area contributed by atoms with Crippen molar-refractivity contribution in [3.8, 4) is 0 Å². The largest absolute Gasteiger partial charge is 0.478 e. The minimum absolute atomic E-state index is 0.0868. The number of hydrogen-bond donors (Lipinski definition) is 2. The van der Waals surface area contributed by atoms with Crippen LogP contribution in [0.3, 0.4) is 0 Å². The second-order valence-electron chi connectivity index (χ2n) is 5.85. The Bertz CT molecular complexity index is 554. The molecule has 3 rings (SSSR count). The van der Waals surface area contributed by atoms with Gasteiger partial charge in [0.15, 0.2) is 0 Å². The van der Waals surface area contributed by atoms with Crippen LogP contribution in [0.15, 0.2) is 24.3 Å². The van der Waals surface area contributed by atoms with E-state index in [1.165, 1.54) is 12.8 Å². The summed E-state index contributed by atoms with van der Waals surface area (Å²) in [6, 6.07) is 6.44. The first-order chi connectivity index (χ1) is 10.6. The molecule has 2 amide bonds.